The molecule has 0 fully saturated rings. The number of aromatic amines is 1. The quantitative estimate of drug-likeness (QED) is 0.681. The van der Waals surface area contributed by atoms with Crippen LogP contribution in [0.25, 0.3) is 0 Å². The van der Waals surface area contributed by atoms with Gasteiger partial charge in [0.15, 0.2) is 17.3 Å². The summed E-state index contributed by atoms with van der Waals surface area (Å²) in [5, 5.41) is 10.1. The van der Waals surface area contributed by atoms with Crippen LogP contribution in [0.4, 0.5) is 5.82 Å². The average Bonchev–Trinajstić information content (AvgIpc) is 2.98. The molecule has 2 N–H and O–H groups in total. The van der Waals surface area contributed by atoms with Crippen LogP contribution < -0.4 is 14.8 Å². The topological polar surface area (TPSA) is 76.2 Å². The molecule has 1 aliphatic heterocycles. The number of fused-ring (bicyclic) bond motifs is 1. The second-order valence-corrected chi connectivity index (χ2v) is 7.63. The third kappa shape index (κ3) is 3.71. The number of nitrogens with zero attached hydrogens (tertiary/aromatic N) is 1. The van der Waals surface area contributed by atoms with E-state index < -0.39 is 0 Å². The standard InChI is InChI=1S/C21H21N3O3S/c1-13-19-20(28-12-18(25)22-21(19)24-23-13)15-8-9-16(17(10-15)26-2)27-11-14-6-4-3-5-7-14/h3-10,20H,11-12H2,1-2H3,(H2,22,23,24,25)/t20-/m0/s1. The average molecular weight is 395 g/mol. The van der Waals surface area contributed by atoms with Crippen LogP contribution in [0.15, 0.2) is 48.5 Å². The predicted molar refractivity (Wildman–Crippen MR) is 110 cm³/mol. The van der Waals surface area contributed by atoms with Crippen LogP contribution in [0.5, 0.6) is 11.5 Å². The summed E-state index contributed by atoms with van der Waals surface area (Å²) in [6.07, 6.45) is 0. The fourth-order valence-electron chi connectivity index (χ4n) is 3.23. The molecule has 28 heavy (non-hydrogen) atoms. The first-order valence-electron chi connectivity index (χ1n) is 8.96. The highest BCUT2D eigenvalue weighted by atomic mass is 32.2. The minimum Gasteiger partial charge on any atom is -0.493 e. The zero-order chi connectivity index (χ0) is 19.5. The Hall–Kier alpha value is -2.93. The Morgan fingerprint density at radius 1 is 1.18 bits per heavy atom. The number of H-pyrrole nitrogens is 1. The molecule has 0 saturated carbocycles. The van der Waals surface area contributed by atoms with Crippen molar-refractivity contribution in [3.63, 3.8) is 0 Å². The Morgan fingerprint density at radius 2 is 2.00 bits per heavy atom. The van der Waals surface area contributed by atoms with Gasteiger partial charge in [-0.25, -0.2) is 0 Å². The van der Waals surface area contributed by atoms with Crippen LogP contribution in [0, 0.1) is 6.92 Å². The van der Waals surface area contributed by atoms with Gasteiger partial charge in [-0.15, -0.1) is 11.8 Å². The summed E-state index contributed by atoms with van der Waals surface area (Å²) in [5.74, 6) is 2.28. The van der Waals surface area contributed by atoms with E-state index >= 15 is 0 Å². The maximum absolute atomic E-state index is 12.0. The number of anilines is 1. The Labute approximate surface area is 167 Å². The molecule has 0 bridgehead atoms. The minimum absolute atomic E-state index is 0.0234. The first-order chi connectivity index (χ1) is 13.7. The molecule has 144 valence electrons. The zero-order valence-corrected chi connectivity index (χ0v) is 16.5. The van der Waals surface area contributed by atoms with Gasteiger partial charge < -0.3 is 14.8 Å². The van der Waals surface area contributed by atoms with Crippen molar-refractivity contribution in [3.05, 3.63) is 70.9 Å². The van der Waals surface area contributed by atoms with E-state index in [1.807, 2.05) is 55.5 Å². The monoisotopic (exact) mass is 395 g/mol. The highest BCUT2D eigenvalue weighted by molar-refractivity contribution is 8.00. The van der Waals surface area contributed by atoms with Crippen molar-refractivity contribution < 1.29 is 14.3 Å². The van der Waals surface area contributed by atoms with Crippen LogP contribution in [0.1, 0.15) is 27.6 Å². The van der Waals surface area contributed by atoms with E-state index in [2.05, 4.69) is 15.5 Å². The van der Waals surface area contributed by atoms with E-state index in [9.17, 15) is 4.79 Å². The second kappa shape index (κ2) is 7.98. The lowest BCUT2D eigenvalue weighted by Gasteiger charge is -2.18. The van der Waals surface area contributed by atoms with Crippen molar-refractivity contribution in [1.29, 1.82) is 0 Å². The number of carbonyl (C=O) groups excluding carboxylic acids is 1. The lowest BCUT2D eigenvalue weighted by Crippen LogP contribution is -2.12. The Bertz CT molecular complexity index is 988. The summed E-state index contributed by atoms with van der Waals surface area (Å²) in [5.41, 5.74) is 4.07. The van der Waals surface area contributed by atoms with E-state index in [-0.39, 0.29) is 11.2 Å². The normalized spacial score (nSPS) is 16.1. The number of thioether (sulfide) groups is 1. The van der Waals surface area contributed by atoms with Gasteiger partial charge in [0.05, 0.1) is 18.1 Å². The third-order valence-corrected chi connectivity index (χ3v) is 5.89. The van der Waals surface area contributed by atoms with Gasteiger partial charge in [-0.3, -0.25) is 9.89 Å². The Morgan fingerprint density at radius 3 is 2.79 bits per heavy atom. The second-order valence-electron chi connectivity index (χ2n) is 6.53. The number of carbonyl (C=O) groups is 1. The van der Waals surface area contributed by atoms with Crippen LogP contribution in [0.2, 0.25) is 0 Å². The maximum atomic E-state index is 12.0. The molecule has 1 aliphatic rings. The molecule has 1 atom stereocenters. The molecular formula is C21H21N3O3S. The molecule has 0 radical (unpaired) electrons. The van der Waals surface area contributed by atoms with Gasteiger partial charge in [0.25, 0.3) is 0 Å². The SMILES string of the molecule is COc1cc([C@@H]2SCC(=O)Nc3n[nH]c(C)c32)ccc1OCc1ccccc1. The first kappa shape index (κ1) is 18.4. The van der Waals surface area contributed by atoms with Gasteiger partial charge in [0, 0.05) is 11.3 Å². The molecule has 2 heterocycles. The highest BCUT2D eigenvalue weighted by Gasteiger charge is 2.28. The zero-order valence-electron chi connectivity index (χ0n) is 15.7. The van der Waals surface area contributed by atoms with Crippen molar-refractivity contribution in [2.45, 2.75) is 18.8 Å². The van der Waals surface area contributed by atoms with E-state index in [1.54, 1.807) is 18.9 Å². The van der Waals surface area contributed by atoms with E-state index in [4.69, 9.17) is 9.47 Å². The molecule has 0 aliphatic carbocycles. The summed E-state index contributed by atoms with van der Waals surface area (Å²) >= 11 is 1.57. The molecule has 3 aromatic rings. The molecule has 6 nitrogen and oxygen atoms in total. The van der Waals surface area contributed by atoms with Gasteiger partial charge in [0.2, 0.25) is 5.91 Å². The largest absolute Gasteiger partial charge is 0.493 e. The summed E-state index contributed by atoms with van der Waals surface area (Å²) in [4.78, 5) is 12.0. The Kier molecular flexibility index (Phi) is 5.25. The van der Waals surface area contributed by atoms with Crippen LogP contribution in [-0.2, 0) is 11.4 Å². The molecule has 1 amide bonds. The molecule has 7 heteroatoms. The maximum Gasteiger partial charge on any atom is 0.235 e. The van der Waals surface area contributed by atoms with Gasteiger partial charge in [-0.1, -0.05) is 36.4 Å². The van der Waals surface area contributed by atoms with Crippen LogP contribution in [-0.4, -0.2) is 29.0 Å². The summed E-state index contributed by atoms with van der Waals surface area (Å²) in [7, 11) is 1.63. The summed E-state index contributed by atoms with van der Waals surface area (Å²) < 4.78 is 11.5. The lowest BCUT2D eigenvalue weighted by atomic mass is 10.0. The predicted octanol–water partition coefficient (Wildman–Crippen LogP) is 4.08. The number of benzene rings is 2. The molecule has 2 aromatic carbocycles. The first-order valence-corrected chi connectivity index (χ1v) is 10.0. The molecule has 0 spiro atoms. The molecular weight excluding hydrogens is 374 g/mol. The number of aromatic nitrogens is 2. The number of rotatable bonds is 5. The number of hydrogen-bond acceptors (Lipinski definition) is 5. The fraction of sp³-hybridized carbons (Fsp3) is 0.238. The highest BCUT2D eigenvalue weighted by Crippen LogP contribution is 2.44. The third-order valence-electron chi connectivity index (χ3n) is 4.62. The smallest absolute Gasteiger partial charge is 0.235 e. The number of hydrogen-bond donors (Lipinski definition) is 2. The summed E-state index contributed by atoms with van der Waals surface area (Å²) in [6.45, 7) is 2.43. The van der Waals surface area contributed by atoms with Gasteiger partial charge in [-0.05, 0) is 30.2 Å². The number of ether oxygens (including phenoxy) is 2. The lowest BCUT2D eigenvalue weighted by molar-refractivity contribution is -0.113. The van der Waals surface area contributed by atoms with Gasteiger partial charge >= 0.3 is 0 Å². The van der Waals surface area contributed by atoms with Gasteiger partial charge in [0.1, 0.15) is 6.61 Å². The molecule has 0 unspecified atom stereocenters. The van der Waals surface area contributed by atoms with E-state index in [0.29, 0.717) is 29.7 Å². The van der Waals surface area contributed by atoms with Crippen molar-refractivity contribution in [1.82, 2.24) is 10.2 Å². The number of methoxy groups -OCH3 is 1. The van der Waals surface area contributed by atoms with Crippen molar-refractivity contribution in [3.8, 4) is 11.5 Å². The number of aryl methyl sites for hydroxylation is 1. The van der Waals surface area contributed by atoms with E-state index in [1.165, 1.54) is 0 Å². The molecule has 1 aromatic heterocycles. The minimum atomic E-state index is -0.0463. The van der Waals surface area contributed by atoms with Crippen molar-refractivity contribution in [2.75, 3.05) is 18.2 Å². The summed E-state index contributed by atoms with van der Waals surface area (Å²) in [6, 6.07) is 15.9. The molecule has 4 rings (SSSR count). The fourth-order valence-corrected chi connectivity index (χ4v) is 4.41. The van der Waals surface area contributed by atoms with E-state index in [0.717, 1.165) is 22.4 Å². The van der Waals surface area contributed by atoms with Crippen molar-refractivity contribution >= 4 is 23.5 Å². The van der Waals surface area contributed by atoms with Gasteiger partial charge in [-0.2, -0.15) is 5.10 Å². The van der Waals surface area contributed by atoms with Crippen LogP contribution in [0.3, 0.4) is 0 Å². The Balaban J connectivity index is 1.62. The van der Waals surface area contributed by atoms with Crippen LogP contribution >= 0.6 is 11.8 Å². The number of nitrogens with one attached hydrogen (secondary N) is 2. The number of amides is 1. The molecule has 0 saturated heterocycles. The van der Waals surface area contributed by atoms with Crippen molar-refractivity contribution in [2.24, 2.45) is 0 Å².